The quantitative estimate of drug-likeness (QED) is 0.540. The first-order valence-electron chi connectivity index (χ1n) is 7.73. The highest BCUT2D eigenvalue weighted by Gasteiger charge is 2.19. The van der Waals surface area contributed by atoms with Crippen molar-refractivity contribution in [2.45, 2.75) is 72.1 Å². The number of hydrogen-bond donors (Lipinski definition) is 0. The fourth-order valence-corrected chi connectivity index (χ4v) is 3.26. The van der Waals surface area contributed by atoms with E-state index in [2.05, 4.69) is 72.7 Å². The molecule has 0 saturated heterocycles. The lowest BCUT2D eigenvalue weighted by atomic mass is 9.82. The number of halogens is 1. The van der Waals surface area contributed by atoms with Crippen LogP contribution in [0.15, 0.2) is 24.3 Å². The largest absolute Gasteiger partial charge is 0.118 e. The number of hydrogen-bond acceptors (Lipinski definition) is 0. The van der Waals surface area contributed by atoms with Gasteiger partial charge in [-0.1, -0.05) is 72.7 Å². The molecule has 0 heterocycles. The average molecular weight is 295 g/mol. The van der Waals surface area contributed by atoms with E-state index in [0.717, 1.165) is 6.42 Å². The SMILES string of the molecule is CC(CC(Cl)c1ccc(C(C)(C)C)cc1)CC(C)(C)C. The zero-order valence-electron chi connectivity index (χ0n) is 14.3. The van der Waals surface area contributed by atoms with E-state index in [9.17, 15) is 0 Å². The van der Waals surface area contributed by atoms with Gasteiger partial charge in [-0.25, -0.2) is 0 Å². The molecule has 0 aliphatic carbocycles. The van der Waals surface area contributed by atoms with Crippen molar-refractivity contribution in [1.29, 1.82) is 0 Å². The molecule has 0 radical (unpaired) electrons. The van der Waals surface area contributed by atoms with E-state index < -0.39 is 0 Å². The molecule has 0 bridgehead atoms. The standard InChI is InChI=1S/C19H31Cl/c1-14(13-18(2,3)4)12-17(20)15-8-10-16(11-9-15)19(5,6)7/h8-11,14,17H,12-13H2,1-7H3. The van der Waals surface area contributed by atoms with Crippen molar-refractivity contribution in [3.63, 3.8) is 0 Å². The van der Waals surface area contributed by atoms with Crippen LogP contribution in [0.25, 0.3) is 0 Å². The number of rotatable bonds is 4. The highest BCUT2D eigenvalue weighted by molar-refractivity contribution is 6.20. The van der Waals surface area contributed by atoms with Gasteiger partial charge in [0.2, 0.25) is 0 Å². The third-order valence-electron chi connectivity index (χ3n) is 3.71. The van der Waals surface area contributed by atoms with Gasteiger partial charge in [0.05, 0.1) is 5.38 Å². The summed E-state index contributed by atoms with van der Waals surface area (Å²) in [6, 6.07) is 8.84. The molecule has 1 rings (SSSR count). The fraction of sp³-hybridized carbons (Fsp3) is 0.684. The zero-order chi connectivity index (χ0) is 15.6. The molecule has 20 heavy (non-hydrogen) atoms. The van der Waals surface area contributed by atoms with E-state index in [1.54, 1.807) is 0 Å². The van der Waals surface area contributed by atoms with E-state index in [0.29, 0.717) is 11.3 Å². The summed E-state index contributed by atoms with van der Waals surface area (Å²) < 4.78 is 0. The Labute approximate surface area is 130 Å². The minimum atomic E-state index is 0.126. The summed E-state index contributed by atoms with van der Waals surface area (Å²) in [6.07, 6.45) is 2.27. The molecule has 1 heteroatoms. The van der Waals surface area contributed by atoms with Gasteiger partial charge in [-0.2, -0.15) is 0 Å². The second kappa shape index (κ2) is 6.52. The molecule has 0 aliphatic heterocycles. The van der Waals surface area contributed by atoms with Crippen LogP contribution in [0.5, 0.6) is 0 Å². The molecule has 0 saturated carbocycles. The van der Waals surface area contributed by atoms with Crippen LogP contribution >= 0.6 is 11.6 Å². The third-order valence-corrected chi connectivity index (χ3v) is 4.14. The summed E-state index contributed by atoms with van der Waals surface area (Å²) in [5.74, 6) is 0.653. The minimum Gasteiger partial charge on any atom is -0.118 e. The van der Waals surface area contributed by atoms with Crippen LogP contribution in [0.2, 0.25) is 0 Å². The average Bonchev–Trinajstić information content (AvgIpc) is 2.25. The molecule has 0 fully saturated rings. The molecule has 0 nitrogen and oxygen atoms in total. The van der Waals surface area contributed by atoms with E-state index in [1.165, 1.54) is 17.5 Å². The zero-order valence-corrected chi connectivity index (χ0v) is 15.0. The molecule has 114 valence electrons. The van der Waals surface area contributed by atoms with Crippen LogP contribution in [0.3, 0.4) is 0 Å². The molecule has 2 unspecified atom stereocenters. The third kappa shape index (κ3) is 5.87. The van der Waals surface area contributed by atoms with E-state index >= 15 is 0 Å². The van der Waals surface area contributed by atoms with Crippen LogP contribution in [-0.4, -0.2) is 0 Å². The predicted molar refractivity (Wildman–Crippen MR) is 91.6 cm³/mol. The molecular weight excluding hydrogens is 264 g/mol. The maximum Gasteiger partial charge on any atom is 0.0587 e. The van der Waals surface area contributed by atoms with Gasteiger partial charge in [-0.3, -0.25) is 0 Å². The first-order valence-corrected chi connectivity index (χ1v) is 8.17. The Kier molecular flexibility index (Phi) is 5.72. The second-order valence-corrected chi connectivity index (χ2v) is 8.97. The Balaban J connectivity index is 2.66. The molecule has 2 atom stereocenters. The van der Waals surface area contributed by atoms with Crippen LogP contribution in [0.1, 0.15) is 77.8 Å². The fourth-order valence-electron chi connectivity index (χ4n) is 2.81. The lowest BCUT2D eigenvalue weighted by Crippen LogP contribution is -2.13. The lowest BCUT2D eigenvalue weighted by Gasteiger charge is -2.25. The maximum absolute atomic E-state index is 6.60. The van der Waals surface area contributed by atoms with Crippen molar-refractivity contribution in [3.8, 4) is 0 Å². The van der Waals surface area contributed by atoms with Gasteiger partial charge in [0, 0.05) is 0 Å². The Morgan fingerprint density at radius 1 is 0.950 bits per heavy atom. The first kappa shape index (κ1) is 17.6. The van der Waals surface area contributed by atoms with Crippen molar-refractivity contribution in [2.24, 2.45) is 11.3 Å². The van der Waals surface area contributed by atoms with Crippen LogP contribution < -0.4 is 0 Å². The van der Waals surface area contributed by atoms with Crippen molar-refractivity contribution >= 4 is 11.6 Å². The van der Waals surface area contributed by atoms with Gasteiger partial charge in [-0.15, -0.1) is 11.6 Å². The number of benzene rings is 1. The maximum atomic E-state index is 6.60. The molecule has 1 aromatic rings. The Hall–Kier alpha value is -0.490. The smallest absolute Gasteiger partial charge is 0.0587 e. The van der Waals surface area contributed by atoms with Crippen LogP contribution in [0, 0.1) is 11.3 Å². The lowest BCUT2D eigenvalue weighted by molar-refractivity contribution is 0.295. The molecular formula is C19H31Cl. The summed E-state index contributed by atoms with van der Waals surface area (Å²) in [5.41, 5.74) is 3.21. The molecule has 1 aromatic carbocycles. The van der Waals surface area contributed by atoms with Crippen molar-refractivity contribution in [1.82, 2.24) is 0 Å². The molecule has 0 N–H and O–H groups in total. The Bertz CT molecular complexity index is 403. The first-order chi connectivity index (χ1) is 8.99. The minimum absolute atomic E-state index is 0.126. The van der Waals surface area contributed by atoms with Crippen LogP contribution in [-0.2, 0) is 5.41 Å². The summed E-state index contributed by atoms with van der Waals surface area (Å²) >= 11 is 6.60. The summed E-state index contributed by atoms with van der Waals surface area (Å²) in [5, 5.41) is 0.126. The van der Waals surface area contributed by atoms with Gasteiger partial charge in [0.15, 0.2) is 0 Å². The second-order valence-electron chi connectivity index (χ2n) is 8.45. The summed E-state index contributed by atoms with van der Waals surface area (Å²) in [6.45, 7) is 15.9. The molecule has 0 spiro atoms. The highest BCUT2D eigenvalue weighted by atomic mass is 35.5. The topological polar surface area (TPSA) is 0 Å². The molecule has 0 amide bonds. The normalized spacial score (nSPS) is 16.0. The van der Waals surface area contributed by atoms with Crippen molar-refractivity contribution in [3.05, 3.63) is 35.4 Å². The predicted octanol–water partition coefficient (Wildman–Crippen LogP) is 6.73. The van der Waals surface area contributed by atoms with Gasteiger partial charge >= 0.3 is 0 Å². The van der Waals surface area contributed by atoms with E-state index in [-0.39, 0.29) is 10.8 Å². The van der Waals surface area contributed by atoms with Crippen molar-refractivity contribution in [2.75, 3.05) is 0 Å². The summed E-state index contributed by atoms with van der Waals surface area (Å²) in [7, 11) is 0. The molecule has 0 aliphatic rings. The monoisotopic (exact) mass is 294 g/mol. The van der Waals surface area contributed by atoms with Crippen LogP contribution in [0.4, 0.5) is 0 Å². The number of alkyl halides is 1. The van der Waals surface area contributed by atoms with Gasteiger partial charge in [-0.05, 0) is 40.7 Å². The van der Waals surface area contributed by atoms with E-state index in [4.69, 9.17) is 11.6 Å². The highest BCUT2D eigenvalue weighted by Crippen LogP contribution is 2.34. The molecule has 0 aromatic heterocycles. The van der Waals surface area contributed by atoms with Crippen molar-refractivity contribution < 1.29 is 0 Å². The Morgan fingerprint density at radius 2 is 1.45 bits per heavy atom. The summed E-state index contributed by atoms with van der Waals surface area (Å²) in [4.78, 5) is 0. The van der Waals surface area contributed by atoms with Gasteiger partial charge < -0.3 is 0 Å². The van der Waals surface area contributed by atoms with E-state index in [1.807, 2.05) is 0 Å². The van der Waals surface area contributed by atoms with Gasteiger partial charge in [0.1, 0.15) is 0 Å². The Morgan fingerprint density at radius 3 is 1.85 bits per heavy atom. The van der Waals surface area contributed by atoms with Gasteiger partial charge in [0.25, 0.3) is 0 Å².